The van der Waals surface area contributed by atoms with Crippen LogP contribution in [0.15, 0.2) is 15.6 Å². The maximum atomic E-state index is 5.52. The number of aromatic nitrogens is 1. The number of likely N-dealkylation sites (tertiary alicyclic amines) is 1. The van der Waals surface area contributed by atoms with Crippen molar-refractivity contribution in [2.75, 3.05) is 39.8 Å². The lowest BCUT2D eigenvalue weighted by Crippen LogP contribution is -2.40. The Kier molecular flexibility index (Phi) is 11.3. The highest BCUT2D eigenvalue weighted by atomic mass is 127. The summed E-state index contributed by atoms with van der Waals surface area (Å²) in [5.41, 5.74) is 1.07. The normalized spacial score (nSPS) is 17.7. The fraction of sp³-hybridized carbons (Fsp3) is 0.800. The van der Waals surface area contributed by atoms with Crippen molar-refractivity contribution >= 4 is 29.9 Å². The van der Waals surface area contributed by atoms with Crippen molar-refractivity contribution in [3.63, 3.8) is 0 Å². The van der Waals surface area contributed by atoms with Gasteiger partial charge in [-0.3, -0.25) is 4.99 Å². The highest BCUT2D eigenvalue weighted by molar-refractivity contribution is 14.0. The Morgan fingerprint density at radius 2 is 2.04 bits per heavy atom. The van der Waals surface area contributed by atoms with E-state index in [0.29, 0.717) is 12.5 Å². The predicted molar refractivity (Wildman–Crippen MR) is 123 cm³/mol. The summed E-state index contributed by atoms with van der Waals surface area (Å²) in [5.74, 6) is 3.06. The van der Waals surface area contributed by atoms with Gasteiger partial charge in [0.1, 0.15) is 0 Å². The molecule has 0 radical (unpaired) electrons. The fourth-order valence-corrected chi connectivity index (χ4v) is 3.83. The number of hydrogen-bond acceptors (Lipinski definition) is 4. The van der Waals surface area contributed by atoms with E-state index in [9.17, 15) is 0 Å². The second kappa shape index (κ2) is 12.6. The van der Waals surface area contributed by atoms with Crippen LogP contribution in [0.4, 0.5) is 0 Å². The molecule has 1 fully saturated rings. The first kappa shape index (κ1) is 24.2. The third-order valence-electron chi connectivity index (χ3n) is 5.61. The molecule has 1 saturated heterocycles. The standard InChI is InChI=1S/C20H37N5O.HI/c1-6-17(7-2)19-12-18(26-23-19)13-22-20(21-5)25-11-10-16(15-25)14-24(8-3)9-4;/h12,16-17H,6-11,13-15H2,1-5H3,(H,21,22);1H. The summed E-state index contributed by atoms with van der Waals surface area (Å²) in [6, 6.07) is 2.09. The zero-order valence-corrected chi connectivity index (χ0v) is 20.0. The average Bonchev–Trinajstić information content (AvgIpc) is 3.31. The zero-order valence-electron chi connectivity index (χ0n) is 17.7. The van der Waals surface area contributed by atoms with Gasteiger partial charge in [0, 0.05) is 38.7 Å². The topological polar surface area (TPSA) is 56.9 Å². The second-order valence-electron chi connectivity index (χ2n) is 7.22. The summed E-state index contributed by atoms with van der Waals surface area (Å²) < 4.78 is 5.52. The van der Waals surface area contributed by atoms with Crippen LogP contribution in [0.5, 0.6) is 0 Å². The van der Waals surface area contributed by atoms with Gasteiger partial charge in [0.25, 0.3) is 0 Å². The third kappa shape index (κ3) is 6.93. The number of guanidine groups is 1. The number of rotatable bonds is 9. The predicted octanol–water partition coefficient (Wildman–Crippen LogP) is 3.94. The number of aliphatic imine (C=N–C) groups is 1. The molecule has 0 aliphatic carbocycles. The zero-order chi connectivity index (χ0) is 18.9. The monoisotopic (exact) mass is 491 g/mol. The van der Waals surface area contributed by atoms with Crippen molar-refractivity contribution in [3.8, 4) is 0 Å². The van der Waals surface area contributed by atoms with Crippen molar-refractivity contribution in [3.05, 3.63) is 17.5 Å². The van der Waals surface area contributed by atoms with Crippen LogP contribution in [0, 0.1) is 5.92 Å². The van der Waals surface area contributed by atoms with Crippen LogP contribution in [0.3, 0.4) is 0 Å². The first-order valence-electron chi connectivity index (χ1n) is 10.3. The van der Waals surface area contributed by atoms with Crippen molar-refractivity contribution in [2.45, 2.75) is 59.4 Å². The van der Waals surface area contributed by atoms with Crippen molar-refractivity contribution in [1.82, 2.24) is 20.3 Å². The highest BCUT2D eigenvalue weighted by Crippen LogP contribution is 2.22. The van der Waals surface area contributed by atoms with Gasteiger partial charge in [0.15, 0.2) is 11.7 Å². The molecule has 1 atom stereocenters. The molecule has 1 aromatic heterocycles. The number of halogens is 1. The van der Waals surface area contributed by atoms with E-state index >= 15 is 0 Å². The van der Waals surface area contributed by atoms with Gasteiger partial charge >= 0.3 is 0 Å². The first-order chi connectivity index (χ1) is 12.6. The number of nitrogens with one attached hydrogen (secondary N) is 1. The highest BCUT2D eigenvalue weighted by Gasteiger charge is 2.26. The largest absolute Gasteiger partial charge is 0.359 e. The summed E-state index contributed by atoms with van der Waals surface area (Å²) >= 11 is 0. The SMILES string of the molecule is CCC(CC)c1cc(CNC(=NC)N2CCC(CN(CC)CC)C2)on1.I. The van der Waals surface area contributed by atoms with Crippen molar-refractivity contribution < 1.29 is 4.52 Å². The van der Waals surface area contributed by atoms with E-state index in [4.69, 9.17) is 4.52 Å². The molecule has 6 nitrogen and oxygen atoms in total. The maximum absolute atomic E-state index is 5.52. The Labute approximate surface area is 182 Å². The minimum atomic E-state index is 0. The lowest BCUT2D eigenvalue weighted by atomic mass is 9.99. The van der Waals surface area contributed by atoms with E-state index in [1.165, 1.54) is 13.0 Å². The molecule has 1 N–H and O–H groups in total. The van der Waals surface area contributed by atoms with Crippen LogP contribution in [0.1, 0.15) is 64.3 Å². The van der Waals surface area contributed by atoms with Crippen molar-refractivity contribution in [2.24, 2.45) is 10.9 Å². The molecule has 0 spiro atoms. The molecule has 0 aromatic carbocycles. The fourth-order valence-electron chi connectivity index (χ4n) is 3.83. The summed E-state index contributed by atoms with van der Waals surface area (Å²) in [6.07, 6.45) is 3.43. The lowest BCUT2D eigenvalue weighted by molar-refractivity contribution is 0.255. The summed E-state index contributed by atoms with van der Waals surface area (Å²) in [6.45, 7) is 15.1. The van der Waals surface area contributed by atoms with Crippen LogP contribution in [0.25, 0.3) is 0 Å². The number of hydrogen-bond donors (Lipinski definition) is 1. The molecule has 1 unspecified atom stereocenters. The van der Waals surface area contributed by atoms with Gasteiger partial charge in [-0.15, -0.1) is 24.0 Å². The van der Waals surface area contributed by atoms with E-state index in [0.717, 1.165) is 62.4 Å². The van der Waals surface area contributed by atoms with Gasteiger partial charge < -0.3 is 19.6 Å². The van der Waals surface area contributed by atoms with E-state index in [1.54, 1.807) is 0 Å². The van der Waals surface area contributed by atoms with Gasteiger partial charge in [-0.1, -0.05) is 32.9 Å². The van der Waals surface area contributed by atoms with Crippen molar-refractivity contribution in [1.29, 1.82) is 0 Å². The minimum absolute atomic E-state index is 0. The van der Waals surface area contributed by atoms with Gasteiger partial charge in [-0.05, 0) is 38.3 Å². The quantitative estimate of drug-likeness (QED) is 0.322. The molecule has 0 amide bonds. The number of nitrogens with zero attached hydrogens (tertiary/aromatic N) is 4. The van der Waals surface area contributed by atoms with E-state index in [1.807, 2.05) is 7.05 Å². The summed E-state index contributed by atoms with van der Waals surface area (Å²) in [4.78, 5) is 9.35. The molecule has 1 aliphatic rings. The van der Waals surface area contributed by atoms with Crippen LogP contribution in [0.2, 0.25) is 0 Å². The summed E-state index contributed by atoms with van der Waals surface area (Å²) in [5, 5.41) is 7.70. The van der Waals surface area contributed by atoms with Crippen LogP contribution < -0.4 is 5.32 Å². The first-order valence-corrected chi connectivity index (χ1v) is 10.3. The van der Waals surface area contributed by atoms with Gasteiger partial charge in [0.05, 0.1) is 12.2 Å². The second-order valence-corrected chi connectivity index (χ2v) is 7.22. The van der Waals surface area contributed by atoms with Gasteiger partial charge in [0.2, 0.25) is 0 Å². The maximum Gasteiger partial charge on any atom is 0.194 e. The Balaban J connectivity index is 0.00000364. The third-order valence-corrected chi connectivity index (χ3v) is 5.61. The molecule has 0 bridgehead atoms. The Bertz CT molecular complexity index is 554. The molecule has 0 saturated carbocycles. The molecule has 2 heterocycles. The molecular weight excluding hydrogens is 453 g/mol. The van der Waals surface area contributed by atoms with Gasteiger partial charge in [-0.25, -0.2) is 0 Å². The van der Waals surface area contributed by atoms with E-state index < -0.39 is 0 Å². The molecule has 156 valence electrons. The Hall–Kier alpha value is -0.830. The Morgan fingerprint density at radius 3 is 2.63 bits per heavy atom. The average molecular weight is 491 g/mol. The van der Waals surface area contributed by atoms with Crippen LogP contribution in [-0.4, -0.2) is 60.7 Å². The molecular formula is C20H38IN5O. The molecule has 1 aliphatic heterocycles. The smallest absolute Gasteiger partial charge is 0.194 e. The summed E-state index contributed by atoms with van der Waals surface area (Å²) in [7, 11) is 1.86. The van der Waals surface area contributed by atoms with Crippen LogP contribution >= 0.6 is 24.0 Å². The molecule has 2 rings (SSSR count). The minimum Gasteiger partial charge on any atom is -0.359 e. The Morgan fingerprint density at radius 1 is 1.33 bits per heavy atom. The van der Waals surface area contributed by atoms with E-state index in [-0.39, 0.29) is 24.0 Å². The van der Waals surface area contributed by atoms with Crippen LogP contribution in [-0.2, 0) is 6.54 Å². The molecule has 7 heteroatoms. The lowest BCUT2D eigenvalue weighted by Gasteiger charge is -2.24. The van der Waals surface area contributed by atoms with Gasteiger partial charge in [-0.2, -0.15) is 0 Å². The van der Waals surface area contributed by atoms with E-state index in [2.05, 4.69) is 59.0 Å². The molecule has 27 heavy (non-hydrogen) atoms. The molecule has 1 aromatic rings.